The first-order valence-electron chi connectivity index (χ1n) is 3.91. The van der Waals surface area contributed by atoms with Gasteiger partial charge in [-0.15, -0.1) is 0 Å². The van der Waals surface area contributed by atoms with Crippen LogP contribution in [-0.2, 0) is 9.59 Å². The lowest BCUT2D eigenvalue weighted by atomic mass is 10.2. The minimum absolute atomic E-state index is 0.145. The molecule has 0 saturated heterocycles. The van der Waals surface area contributed by atoms with Crippen molar-refractivity contribution in [2.75, 3.05) is 0 Å². The number of carboxylic acids is 1. The molecule has 0 atom stereocenters. The van der Waals surface area contributed by atoms with E-state index in [1.54, 1.807) is 6.07 Å². The molecule has 1 N–H and O–H groups in total. The van der Waals surface area contributed by atoms with Gasteiger partial charge in [0.15, 0.2) is 0 Å². The Kier molecular flexibility index (Phi) is 3.74. The quantitative estimate of drug-likeness (QED) is 0.678. The van der Waals surface area contributed by atoms with Crippen LogP contribution in [0.15, 0.2) is 28.7 Å². The van der Waals surface area contributed by atoms with Gasteiger partial charge in [-0.2, -0.15) is 0 Å². The third-order valence-corrected chi connectivity index (χ3v) is 2.30. The molecule has 0 heterocycles. The maximum atomic E-state index is 13.2. The summed E-state index contributed by atoms with van der Waals surface area (Å²) in [5, 5.41) is 8.29. The summed E-state index contributed by atoms with van der Waals surface area (Å²) in [5.74, 6) is -3.19. The van der Waals surface area contributed by atoms with Crippen molar-refractivity contribution in [2.24, 2.45) is 0 Å². The van der Waals surface area contributed by atoms with Crippen LogP contribution in [0.1, 0.15) is 5.56 Å². The average molecular weight is 273 g/mol. The lowest BCUT2D eigenvalue weighted by molar-refractivity contribution is -0.146. The fourth-order valence-corrected chi connectivity index (χ4v) is 1.37. The van der Waals surface area contributed by atoms with Gasteiger partial charge in [0.1, 0.15) is 5.82 Å². The summed E-state index contributed by atoms with van der Waals surface area (Å²) in [6.07, 6.45) is 1.93. The zero-order valence-electron chi connectivity index (χ0n) is 7.41. The van der Waals surface area contributed by atoms with Crippen LogP contribution in [0, 0.1) is 5.82 Å². The summed E-state index contributed by atoms with van der Waals surface area (Å²) in [6.45, 7) is 0. The number of hydrogen-bond donors (Lipinski definition) is 1. The summed E-state index contributed by atoms with van der Waals surface area (Å²) in [4.78, 5) is 20.9. The Morgan fingerprint density at radius 2 is 2.07 bits per heavy atom. The van der Waals surface area contributed by atoms with E-state index in [2.05, 4.69) is 15.9 Å². The Balaban J connectivity index is 2.99. The summed E-state index contributed by atoms with van der Waals surface area (Å²) >= 11 is 3.08. The Hall–Kier alpha value is -1.49. The minimum Gasteiger partial charge on any atom is -0.475 e. The summed E-state index contributed by atoms with van der Waals surface area (Å²) in [7, 11) is 0. The number of carbonyl (C=O) groups excluding carboxylic acids is 1. The van der Waals surface area contributed by atoms with E-state index in [0.29, 0.717) is 4.47 Å². The van der Waals surface area contributed by atoms with Gasteiger partial charge in [0.05, 0.1) is 0 Å². The van der Waals surface area contributed by atoms with Gasteiger partial charge in [-0.1, -0.05) is 22.0 Å². The predicted octanol–water partition coefficient (Wildman–Crippen LogP) is 2.26. The molecule has 0 aliphatic carbocycles. The van der Waals surface area contributed by atoms with E-state index in [4.69, 9.17) is 5.11 Å². The number of hydrogen-bond acceptors (Lipinski definition) is 2. The number of carbonyl (C=O) groups is 2. The van der Waals surface area contributed by atoms with Gasteiger partial charge in [0, 0.05) is 10.0 Å². The average Bonchev–Trinajstić information content (AvgIpc) is 2.16. The van der Waals surface area contributed by atoms with Crippen LogP contribution in [-0.4, -0.2) is 16.9 Å². The summed E-state index contributed by atoms with van der Waals surface area (Å²) < 4.78 is 13.6. The molecular formula is C10H6BrFO3. The van der Waals surface area contributed by atoms with E-state index in [1.807, 2.05) is 0 Å². The Labute approximate surface area is 93.4 Å². The second kappa shape index (κ2) is 4.84. The largest absolute Gasteiger partial charge is 0.475 e. The van der Waals surface area contributed by atoms with Crippen molar-refractivity contribution in [1.29, 1.82) is 0 Å². The van der Waals surface area contributed by atoms with Crippen LogP contribution in [0.25, 0.3) is 6.08 Å². The fourth-order valence-electron chi connectivity index (χ4n) is 0.900. The van der Waals surface area contributed by atoms with Crippen LogP contribution in [0.2, 0.25) is 0 Å². The van der Waals surface area contributed by atoms with Crippen molar-refractivity contribution < 1.29 is 19.1 Å². The van der Waals surface area contributed by atoms with E-state index < -0.39 is 17.6 Å². The van der Waals surface area contributed by atoms with E-state index >= 15 is 0 Å². The molecule has 1 aromatic carbocycles. The van der Waals surface area contributed by atoms with Crippen molar-refractivity contribution >= 4 is 33.8 Å². The molecule has 0 aromatic heterocycles. The monoisotopic (exact) mass is 272 g/mol. The van der Waals surface area contributed by atoms with E-state index in [0.717, 1.165) is 12.2 Å². The normalized spacial score (nSPS) is 10.5. The van der Waals surface area contributed by atoms with Crippen molar-refractivity contribution in [3.63, 3.8) is 0 Å². The second-order valence-electron chi connectivity index (χ2n) is 2.64. The third kappa shape index (κ3) is 2.99. The molecule has 15 heavy (non-hydrogen) atoms. The first-order chi connectivity index (χ1) is 7.02. The number of halogens is 2. The van der Waals surface area contributed by atoms with E-state index in [9.17, 15) is 14.0 Å². The highest BCUT2D eigenvalue weighted by atomic mass is 79.9. The highest BCUT2D eigenvalue weighted by Crippen LogP contribution is 2.20. The number of aliphatic carboxylic acids is 1. The fraction of sp³-hybridized carbons (Fsp3) is 0. The third-order valence-electron chi connectivity index (χ3n) is 1.61. The molecule has 0 bridgehead atoms. The molecule has 5 heteroatoms. The molecule has 0 saturated carbocycles. The summed E-state index contributed by atoms with van der Waals surface area (Å²) in [6, 6.07) is 4.31. The molecule has 1 aromatic rings. The Morgan fingerprint density at radius 3 is 2.60 bits per heavy atom. The number of benzene rings is 1. The van der Waals surface area contributed by atoms with Gasteiger partial charge in [-0.05, 0) is 24.3 Å². The highest BCUT2D eigenvalue weighted by molar-refractivity contribution is 9.10. The Bertz CT molecular complexity index is 420. The van der Waals surface area contributed by atoms with E-state index in [1.165, 1.54) is 12.1 Å². The zero-order chi connectivity index (χ0) is 11.4. The summed E-state index contributed by atoms with van der Waals surface area (Å²) in [5.41, 5.74) is 0.145. The number of rotatable bonds is 3. The number of ketones is 1. The molecule has 0 amide bonds. The number of carboxylic acid groups (broad SMARTS) is 1. The lowest BCUT2D eigenvalue weighted by Gasteiger charge is -1.98. The molecule has 0 aliphatic heterocycles. The standard InChI is InChI=1S/C10H6BrFO3/c11-7-2-1-3-8(12)6(7)4-5-9(13)10(14)15/h1-5H,(H,14,15)/b5-4+. The van der Waals surface area contributed by atoms with Crippen molar-refractivity contribution in [2.45, 2.75) is 0 Å². The maximum absolute atomic E-state index is 13.2. The molecule has 0 fully saturated rings. The van der Waals surface area contributed by atoms with Crippen LogP contribution in [0.3, 0.4) is 0 Å². The molecular weight excluding hydrogens is 267 g/mol. The van der Waals surface area contributed by atoms with Gasteiger partial charge in [0.2, 0.25) is 0 Å². The van der Waals surface area contributed by atoms with E-state index in [-0.39, 0.29) is 5.56 Å². The Morgan fingerprint density at radius 1 is 1.40 bits per heavy atom. The second-order valence-corrected chi connectivity index (χ2v) is 3.49. The molecule has 3 nitrogen and oxygen atoms in total. The van der Waals surface area contributed by atoms with Crippen molar-refractivity contribution in [1.82, 2.24) is 0 Å². The van der Waals surface area contributed by atoms with Crippen LogP contribution >= 0.6 is 15.9 Å². The highest BCUT2D eigenvalue weighted by Gasteiger charge is 2.08. The van der Waals surface area contributed by atoms with Gasteiger partial charge in [-0.3, -0.25) is 4.79 Å². The van der Waals surface area contributed by atoms with Gasteiger partial charge < -0.3 is 5.11 Å². The maximum Gasteiger partial charge on any atom is 0.376 e. The van der Waals surface area contributed by atoms with Crippen LogP contribution in [0.4, 0.5) is 4.39 Å². The van der Waals surface area contributed by atoms with Crippen LogP contribution < -0.4 is 0 Å². The zero-order valence-corrected chi connectivity index (χ0v) is 8.99. The SMILES string of the molecule is O=C(O)C(=O)/C=C/c1c(F)cccc1Br. The lowest BCUT2D eigenvalue weighted by Crippen LogP contribution is -2.08. The predicted molar refractivity (Wildman–Crippen MR) is 55.8 cm³/mol. The molecule has 0 unspecified atom stereocenters. The molecule has 0 radical (unpaired) electrons. The van der Waals surface area contributed by atoms with Crippen LogP contribution in [0.5, 0.6) is 0 Å². The first kappa shape index (κ1) is 11.6. The molecule has 0 aliphatic rings. The molecule has 78 valence electrons. The molecule has 0 spiro atoms. The smallest absolute Gasteiger partial charge is 0.376 e. The minimum atomic E-state index is -1.57. The van der Waals surface area contributed by atoms with Gasteiger partial charge >= 0.3 is 5.97 Å². The van der Waals surface area contributed by atoms with Crippen molar-refractivity contribution in [3.05, 3.63) is 40.1 Å². The molecule has 1 rings (SSSR count). The van der Waals surface area contributed by atoms with Gasteiger partial charge in [0.25, 0.3) is 5.78 Å². The first-order valence-corrected chi connectivity index (χ1v) is 4.71. The topological polar surface area (TPSA) is 54.4 Å². The van der Waals surface area contributed by atoms with Crippen molar-refractivity contribution in [3.8, 4) is 0 Å². The van der Waals surface area contributed by atoms with Gasteiger partial charge in [-0.25, -0.2) is 9.18 Å².